The lowest BCUT2D eigenvalue weighted by atomic mass is 10.1. The van der Waals surface area contributed by atoms with E-state index >= 15 is 0 Å². The van der Waals surface area contributed by atoms with Crippen LogP contribution in [-0.4, -0.2) is 45.9 Å². The van der Waals surface area contributed by atoms with Crippen molar-refractivity contribution in [3.63, 3.8) is 0 Å². The van der Waals surface area contributed by atoms with Crippen molar-refractivity contribution in [2.45, 2.75) is 31.8 Å². The van der Waals surface area contributed by atoms with E-state index in [1.807, 2.05) is 42.5 Å². The molecule has 32 heavy (non-hydrogen) atoms. The smallest absolute Gasteiger partial charge is 0.439 e. The van der Waals surface area contributed by atoms with Gasteiger partial charge in [-0.3, -0.25) is 9.51 Å². The molecule has 1 aliphatic carbocycles. The molecule has 2 aliphatic rings. The fourth-order valence-electron chi connectivity index (χ4n) is 4.43. The highest BCUT2D eigenvalue weighted by Gasteiger charge is 2.27. The number of H-pyrrole nitrogens is 1. The van der Waals surface area contributed by atoms with E-state index < -0.39 is 5.76 Å². The van der Waals surface area contributed by atoms with Gasteiger partial charge in [0.05, 0.1) is 5.39 Å². The Kier molecular flexibility index (Phi) is 4.79. The molecule has 0 spiro atoms. The molecule has 1 N–H and O–H groups in total. The zero-order valence-corrected chi connectivity index (χ0v) is 17.6. The van der Waals surface area contributed by atoms with Crippen LogP contribution in [0, 0.1) is 5.92 Å². The maximum Gasteiger partial charge on any atom is 0.439 e. The first-order valence-corrected chi connectivity index (χ1v) is 11.2. The van der Waals surface area contributed by atoms with Gasteiger partial charge in [-0.05, 0) is 61.9 Å². The lowest BCUT2D eigenvalue weighted by Gasteiger charge is -2.32. The Balaban J connectivity index is 1.21. The van der Waals surface area contributed by atoms with Gasteiger partial charge in [-0.15, -0.1) is 0 Å². The first-order chi connectivity index (χ1) is 15.7. The Bertz CT molecular complexity index is 1290. The molecule has 2 aromatic carbocycles. The molecule has 3 heterocycles. The molecule has 1 saturated heterocycles. The normalized spacial score (nSPS) is 17.8. The largest absolute Gasteiger partial charge is 0.490 e. The summed E-state index contributed by atoms with van der Waals surface area (Å²) in [4.78, 5) is 16.5. The summed E-state index contributed by atoms with van der Waals surface area (Å²) in [6, 6.07) is 13.5. The van der Waals surface area contributed by atoms with E-state index in [1.165, 1.54) is 19.4 Å². The first kappa shape index (κ1) is 19.3. The van der Waals surface area contributed by atoms with Crippen LogP contribution in [0.3, 0.4) is 0 Å². The molecule has 2 fully saturated rings. The third-order valence-electron chi connectivity index (χ3n) is 6.34. The zero-order valence-electron chi connectivity index (χ0n) is 17.6. The van der Waals surface area contributed by atoms with Gasteiger partial charge in [-0.1, -0.05) is 22.4 Å². The number of benzene rings is 2. The minimum atomic E-state index is -0.589. The second-order valence-corrected chi connectivity index (χ2v) is 8.78. The summed E-state index contributed by atoms with van der Waals surface area (Å²) in [5, 5.41) is 8.78. The number of hydrogen-bond acceptors (Lipinski definition) is 7. The number of aromatic nitrogens is 3. The van der Waals surface area contributed by atoms with Crippen molar-refractivity contribution < 1.29 is 13.8 Å². The molecule has 0 bridgehead atoms. The highest BCUT2D eigenvalue weighted by molar-refractivity contribution is 5.94. The molecule has 6 rings (SSSR count). The molecule has 0 atom stereocenters. The Morgan fingerprint density at radius 3 is 2.66 bits per heavy atom. The molecular weight excluding hydrogens is 408 g/mol. The van der Waals surface area contributed by atoms with Gasteiger partial charge in [0.1, 0.15) is 17.4 Å². The highest BCUT2D eigenvalue weighted by atomic mass is 16.5. The summed E-state index contributed by atoms with van der Waals surface area (Å²) < 4.78 is 16.6. The van der Waals surface area contributed by atoms with Crippen molar-refractivity contribution in [1.82, 2.24) is 20.2 Å². The van der Waals surface area contributed by atoms with Crippen LogP contribution in [0.15, 0.2) is 56.3 Å². The van der Waals surface area contributed by atoms with Crippen LogP contribution >= 0.6 is 0 Å². The van der Waals surface area contributed by atoms with E-state index in [4.69, 9.17) is 9.26 Å². The van der Waals surface area contributed by atoms with Gasteiger partial charge >= 0.3 is 5.76 Å². The molecule has 0 unspecified atom stereocenters. The summed E-state index contributed by atoms with van der Waals surface area (Å²) in [7, 11) is 0. The Morgan fingerprint density at radius 2 is 1.88 bits per heavy atom. The Hall–Kier alpha value is -3.39. The van der Waals surface area contributed by atoms with Crippen molar-refractivity contribution in [2.75, 3.05) is 19.6 Å². The third kappa shape index (κ3) is 3.93. The summed E-state index contributed by atoms with van der Waals surface area (Å²) in [6.45, 7) is 3.48. The number of ether oxygens (including phenoxy) is 1. The van der Waals surface area contributed by atoms with E-state index in [-0.39, 0.29) is 6.10 Å². The monoisotopic (exact) mass is 432 g/mol. The van der Waals surface area contributed by atoms with Crippen LogP contribution in [0.5, 0.6) is 5.75 Å². The van der Waals surface area contributed by atoms with Gasteiger partial charge in [0.25, 0.3) is 0 Å². The van der Waals surface area contributed by atoms with Crippen molar-refractivity contribution in [2.24, 2.45) is 5.92 Å². The standard InChI is InChI=1S/C24H24N4O4/c29-24-25-23(27-32-24)17-6-7-21-20(13-17)22(31-26-21)16-2-1-3-19(12-16)30-18-8-10-28(11-9-18)14-15-4-5-15/h1-3,6-7,12-13,15,18H,4-5,8-11,14H2,(H,25,27,29). The average molecular weight is 432 g/mol. The predicted molar refractivity (Wildman–Crippen MR) is 118 cm³/mol. The van der Waals surface area contributed by atoms with E-state index in [0.717, 1.165) is 59.6 Å². The second-order valence-electron chi connectivity index (χ2n) is 8.78. The molecule has 1 aliphatic heterocycles. The first-order valence-electron chi connectivity index (χ1n) is 11.2. The van der Waals surface area contributed by atoms with Gasteiger partial charge in [-0.25, -0.2) is 4.79 Å². The van der Waals surface area contributed by atoms with E-state index in [0.29, 0.717) is 11.6 Å². The molecule has 164 valence electrons. The van der Waals surface area contributed by atoms with Crippen LogP contribution in [0.25, 0.3) is 33.6 Å². The minimum Gasteiger partial charge on any atom is -0.490 e. The summed E-state index contributed by atoms with van der Waals surface area (Å²) in [5.41, 5.74) is 2.34. The highest BCUT2D eigenvalue weighted by Crippen LogP contribution is 2.34. The van der Waals surface area contributed by atoms with Crippen molar-refractivity contribution >= 4 is 10.9 Å². The second kappa shape index (κ2) is 7.94. The third-order valence-corrected chi connectivity index (χ3v) is 6.34. The van der Waals surface area contributed by atoms with Gasteiger partial charge in [0, 0.05) is 30.8 Å². The SMILES string of the molecule is O=c1[nH]c(-c2ccc3noc(-c4cccc(OC5CCN(CC6CC6)CC5)c4)c3c2)no1. The van der Waals surface area contributed by atoms with Crippen LogP contribution in [0.4, 0.5) is 0 Å². The van der Waals surface area contributed by atoms with E-state index in [1.54, 1.807) is 0 Å². The predicted octanol–water partition coefficient (Wildman–Crippen LogP) is 4.09. The lowest BCUT2D eigenvalue weighted by molar-refractivity contribution is 0.0981. The van der Waals surface area contributed by atoms with Gasteiger partial charge in [-0.2, -0.15) is 0 Å². The number of fused-ring (bicyclic) bond motifs is 1. The van der Waals surface area contributed by atoms with E-state index in [9.17, 15) is 4.79 Å². The Labute approximate surface area is 184 Å². The lowest BCUT2D eigenvalue weighted by Crippen LogP contribution is -2.39. The van der Waals surface area contributed by atoms with Crippen LogP contribution < -0.4 is 10.5 Å². The molecule has 8 heteroatoms. The maximum atomic E-state index is 11.3. The number of aromatic amines is 1. The minimum absolute atomic E-state index is 0.239. The fraction of sp³-hybridized carbons (Fsp3) is 0.375. The van der Waals surface area contributed by atoms with Crippen molar-refractivity contribution in [3.05, 3.63) is 53.0 Å². The average Bonchev–Trinajstić information content (AvgIpc) is 3.35. The number of hydrogen-bond donors (Lipinski definition) is 1. The molecule has 0 amide bonds. The van der Waals surface area contributed by atoms with Gasteiger partial charge < -0.3 is 14.2 Å². The van der Waals surface area contributed by atoms with Crippen LogP contribution in [0.2, 0.25) is 0 Å². The molecule has 0 radical (unpaired) electrons. The molecule has 4 aromatic rings. The van der Waals surface area contributed by atoms with Crippen molar-refractivity contribution in [1.29, 1.82) is 0 Å². The molecule has 8 nitrogen and oxygen atoms in total. The summed E-state index contributed by atoms with van der Waals surface area (Å²) in [5.74, 6) is 2.20. The van der Waals surface area contributed by atoms with Crippen LogP contribution in [0.1, 0.15) is 25.7 Å². The quantitative estimate of drug-likeness (QED) is 0.490. The number of likely N-dealkylation sites (tertiary alicyclic amines) is 1. The zero-order chi connectivity index (χ0) is 21.5. The summed E-state index contributed by atoms with van der Waals surface area (Å²) >= 11 is 0. The molecular formula is C24H24N4O4. The topological polar surface area (TPSA) is 97.4 Å². The van der Waals surface area contributed by atoms with Crippen molar-refractivity contribution in [3.8, 4) is 28.5 Å². The van der Waals surface area contributed by atoms with Gasteiger partial charge in [0.2, 0.25) is 0 Å². The number of nitrogens with one attached hydrogen (secondary N) is 1. The van der Waals surface area contributed by atoms with Gasteiger partial charge in [0.15, 0.2) is 11.6 Å². The fourth-order valence-corrected chi connectivity index (χ4v) is 4.43. The number of nitrogens with zero attached hydrogens (tertiary/aromatic N) is 3. The maximum absolute atomic E-state index is 11.3. The van der Waals surface area contributed by atoms with E-state index in [2.05, 4.69) is 24.7 Å². The summed E-state index contributed by atoms with van der Waals surface area (Å²) in [6.07, 6.45) is 5.15. The Morgan fingerprint density at radius 1 is 1.00 bits per heavy atom. The number of piperidine rings is 1. The molecule has 2 aromatic heterocycles. The number of rotatable bonds is 6. The van der Waals surface area contributed by atoms with Crippen LogP contribution in [-0.2, 0) is 0 Å². The molecule has 1 saturated carbocycles.